The lowest BCUT2D eigenvalue weighted by atomic mass is 10.1. The first-order valence-corrected chi connectivity index (χ1v) is 6.50. The van der Waals surface area contributed by atoms with Gasteiger partial charge in [-0.15, -0.1) is 15.7 Å². The monoisotopic (exact) mass is 230 g/mol. The molecule has 0 bridgehead atoms. The van der Waals surface area contributed by atoms with E-state index in [4.69, 9.17) is 5.73 Å². The van der Waals surface area contributed by atoms with Gasteiger partial charge in [0.15, 0.2) is 0 Å². The number of sulfonamides is 1. The lowest BCUT2D eigenvalue weighted by molar-refractivity contribution is 0.597. The van der Waals surface area contributed by atoms with E-state index in [1.54, 1.807) is 0 Å². The van der Waals surface area contributed by atoms with Gasteiger partial charge in [-0.3, -0.25) is 0 Å². The number of thiophene rings is 1. The van der Waals surface area contributed by atoms with Crippen molar-refractivity contribution >= 4 is 27.2 Å². The van der Waals surface area contributed by atoms with Crippen LogP contribution in [0.4, 0.5) is 0 Å². The van der Waals surface area contributed by atoms with Gasteiger partial charge in [0, 0.05) is 15.3 Å². The average molecular weight is 230 g/mol. The molecule has 0 spiro atoms. The molecule has 0 aromatic carbocycles. The molecule has 0 radical (unpaired) electrons. The van der Waals surface area contributed by atoms with Crippen molar-refractivity contribution in [3.8, 4) is 0 Å². The van der Waals surface area contributed by atoms with Gasteiger partial charge in [-0.25, -0.2) is 8.42 Å². The van der Waals surface area contributed by atoms with Crippen molar-refractivity contribution in [3.05, 3.63) is 20.9 Å². The summed E-state index contributed by atoms with van der Waals surface area (Å²) in [5.41, 5.74) is 7.48. The maximum absolute atomic E-state index is 11.3. The molecule has 14 heavy (non-hydrogen) atoms. The Balaban J connectivity index is 2.73. The molecular weight excluding hydrogens is 220 g/mol. The van der Waals surface area contributed by atoms with Gasteiger partial charge in [0.1, 0.15) is 11.6 Å². The summed E-state index contributed by atoms with van der Waals surface area (Å²) in [6.07, 6.45) is 0. The molecule has 1 aliphatic rings. The number of nitrogens with zero attached hydrogens (tertiary/aromatic N) is 1. The summed E-state index contributed by atoms with van der Waals surface area (Å²) in [6.45, 7) is 3.89. The quantitative estimate of drug-likeness (QED) is 0.720. The Kier molecular flexibility index (Phi) is 1.94. The van der Waals surface area contributed by atoms with Crippen molar-refractivity contribution in [1.29, 1.82) is 0 Å². The Morgan fingerprint density at radius 2 is 2.07 bits per heavy atom. The van der Waals surface area contributed by atoms with Crippen LogP contribution in [0, 0.1) is 13.8 Å². The summed E-state index contributed by atoms with van der Waals surface area (Å²) in [5, 5.41) is 0. The second-order valence-electron chi connectivity index (χ2n) is 3.28. The summed E-state index contributed by atoms with van der Waals surface area (Å²) in [6, 6.07) is 0. The molecule has 2 heterocycles. The zero-order valence-corrected chi connectivity index (χ0v) is 9.50. The molecule has 6 heteroatoms. The summed E-state index contributed by atoms with van der Waals surface area (Å²) in [5.74, 6) is 0.121. The maximum Gasteiger partial charge on any atom is 0.260 e. The fourth-order valence-corrected chi connectivity index (χ4v) is 4.13. The molecule has 76 valence electrons. The molecule has 0 aliphatic carbocycles. The third kappa shape index (κ3) is 1.34. The zero-order chi connectivity index (χ0) is 10.5. The molecule has 1 aliphatic heterocycles. The predicted molar refractivity (Wildman–Crippen MR) is 57.1 cm³/mol. The van der Waals surface area contributed by atoms with Crippen molar-refractivity contribution in [2.24, 2.45) is 10.1 Å². The van der Waals surface area contributed by atoms with Crippen LogP contribution in [0.3, 0.4) is 0 Å². The molecule has 0 saturated heterocycles. The van der Waals surface area contributed by atoms with E-state index in [0.29, 0.717) is 0 Å². The minimum absolute atomic E-state index is 0.0115. The second kappa shape index (κ2) is 2.80. The first-order valence-electron chi connectivity index (χ1n) is 4.08. The molecule has 0 unspecified atom stereocenters. The van der Waals surface area contributed by atoms with Gasteiger partial charge in [0.05, 0.1) is 0 Å². The van der Waals surface area contributed by atoms with Gasteiger partial charge in [0.25, 0.3) is 10.0 Å². The van der Waals surface area contributed by atoms with E-state index in [0.717, 1.165) is 20.9 Å². The molecule has 4 nitrogen and oxygen atoms in total. The standard InChI is InChI=1S/C8H10N2O2S2/c1-4-5(2)13-6-3-14(11,12)10-8(9)7(4)6/h3H2,1-2H3,(H2,9,10). The minimum atomic E-state index is -3.38. The number of aryl methyl sites for hydroxylation is 1. The van der Waals surface area contributed by atoms with Crippen LogP contribution < -0.4 is 5.73 Å². The van der Waals surface area contributed by atoms with Gasteiger partial charge in [-0.1, -0.05) is 0 Å². The molecular formula is C8H10N2O2S2. The van der Waals surface area contributed by atoms with Gasteiger partial charge in [-0.2, -0.15) is 0 Å². The number of nitrogens with two attached hydrogens (primary N) is 1. The first kappa shape index (κ1) is 9.67. The Hall–Kier alpha value is -0.880. The van der Waals surface area contributed by atoms with E-state index in [2.05, 4.69) is 4.40 Å². The van der Waals surface area contributed by atoms with E-state index in [1.165, 1.54) is 11.3 Å². The highest BCUT2D eigenvalue weighted by atomic mass is 32.2. The zero-order valence-electron chi connectivity index (χ0n) is 7.86. The topological polar surface area (TPSA) is 72.5 Å². The van der Waals surface area contributed by atoms with Crippen LogP contribution in [0.1, 0.15) is 20.9 Å². The summed E-state index contributed by atoms with van der Waals surface area (Å²) < 4.78 is 26.1. The summed E-state index contributed by atoms with van der Waals surface area (Å²) >= 11 is 1.48. The summed E-state index contributed by atoms with van der Waals surface area (Å²) in [7, 11) is -3.38. The Morgan fingerprint density at radius 1 is 1.43 bits per heavy atom. The second-order valence-corrected chi connectivity index (χ2v) is 6.23. The largest absolute Gasteiger partial charge is 0.382 e. The minimum Gasteiger partial charge on any atom is -0.382 e. The van der Waals surface area contributed by atoms with E-state index in [-0.39, 0.29) is 11.6 Å². The highest BCUT2D eigenvalue weighted by Crippen LogP contribution is 2.31. The van der Waals surface area contributed by atoms with Crippen LogP contribution in [0.2, 0.25) is 0 Å². The van der Waals surface area contributed by atoms with Crippen molar-refractivity contribution in [2.75, 3.05) is 0 Å². The van der Waals surface area contributed by atoms with Crippen LogP contribution in [-0.2, 0) is 15.8 Å². The number of hydrogen-bond acceptors (Lipinski definition) is 4. The molecule has 0 atom stereocenters. The average Bonchev–Trinajstić information content (AvgIpc) is 2.24. The number of fused-ring (bicyclic) bond motifs is 1. The lowest BCUT2D eigenvalue weighted by Gasteiger charge is -2.09. The summed E-state index contributed by atoms with van der Waals surface area (Å²) in [4.78, 5) is 1.91. The van der Waals surface area contributed by atoms with Crippen LogP contribution in [0.15, 0.2) is 4.40 Å². The third-order valence-electron chi connectivity index (χ3n) is 2.27. The van der Waals surface area contributed by atoms with E-state index < -0.39 is 10.0 Å². The maximum atomic E-state index is 11.3. The van der Waals surface area contributed by atoms with Gasteiger partial charge < -0.3 is 5.73 Å². The number of amidine groups is 1. The Morgan fingerprint density at radius 3 is 2.71 bits per heavy atom. The SMILES string of the molecule is Cc1sc2c(c1C)C(N)=NS(=O)(=O)C2. The van der Waals surface area contributed by atoms with Crippen LogP contribution in [-0.4, -0.2) is 14.3 Å². The molecule has 2 rings (SSSR count). The fourth-order valence-electron chi connectivity index (χ4n) is 1.53. The highest BCUT2D eigenvalue weighted by molar-refractivity contribution is 7.89. The highest BCUT2D eigenvalue weighted by Gasteiger charge is 2.26. The van der Waals surface area contributed by atoms with Crippen LogP contribution >= 0.6 is 11.3 Å². The van der Waals surface area contributed by atoms with Crippen LogP contribution in [0.25, 0.3) is 0 Å². The Labute approximate surface area is 86.5 Å². The predicted octanol–water partition coefficient (Wildman–Crippen LogP) is 0.914. The van der Waals surface area contributed by atoms with Gasteiger partial charge in [0.2, 0.25) is 0 Å². The van der Waals surface area contributed by atoms with Crippen molar-refractivity contribution in [1.82, 2.24) is 0 Å². The number of hydrogen-bond donors (Lipinski definition) is 1. The lowest BCUT2D eigenvalue weighted by Crippen LogP contribution is -2.22. The normalized spacial score (nSPS) is 18.9. The van der Waals surface area contributed by atoms with Crippen LogP contribution in [0.5, 0.6) is 0 Å². The fraction of sp³-hybridized carbons (Fsp3) is 0.375. The first-order chi connectivity index (χ1) is 6.41. The number of rotatable bonds is 0. The molecule has 0 fully saturated rings. The molecule has 1 aromatic rings. The molecule has 2 N–H and O–H groups in total. The molecule has 0 saturated carbocycles. The molecule has 0 amide bonds. The van der Waals surface area contributed by atoms with E-state index in [1.807, 2.05) is 13.8 Å². The van der Waals surface area contributed by atoms with Crippen molar-refractivity contribution in [3.63, 3.8) is 0 Å². The molecule has 1 aromatic heterocycles. The Bertz CT molecular complexity index is 526. The van der Waals surface area contributed by atoms with Crippen molar-refractivity contribution in [2.45, 2.75) is 19.6 Å². The van der Waals surface area contributed by atoms with Gasteiger partial charge >= 0.3 is 0 Å². The third-order valence-corrected chi connectivity index (χ3v) is 4.78. The van der Waals surface area contributed by atoms with Gasteiger partial charge in [-0.05, 0) is 19.4 Å². The van der Waals surface area contributed by atoms with E-state index in [9.17, 15) is 8.42 Å². The van der Waals surface area contributed by atoms with E-state index >= 15 is 0 Å². The smallest absolute Gasteiger partial charge is 0.260 e. The van der Waals surface area contributed by atoms with Crippen molar-refractivity contribution < 1.29 is 8.42 Å².